The van der Waals surface area contributed by atoms with Crippen LogP contribution in [0, 0.1) is 10.1 Å². The Balaban J connectivity index is 1.42. The van der Waals surface area contributed by atoms with E-state index in [0.717, 1.165) is 23.4 Å². The first kappa shape index (κ1) is 25.1. The molecule has 0 saturated heterocycles. The summed E-state index contributed by atoms with van der Waals surface area (Å²) in [5, 5.41) is 20.6. The second kappa shape index (κ2) is 10.5. The van der Waals surface area contributed by atoms with Crippen LogP contribution in [0.15, 0.2) is 89.9 Å². The van der Waals surface area contributed by atoms with E-state index in [2.05, 4.69) is 10.1 Å². The number of nitro groups is 1. The monoisotopic (exact) mass is 550 g/mol. The van der Waals surface area contributed by atoms with Crippen molar-refractivity contribution < 1.29 is 9.66 Å². The lowest BCUT2D eigenvalue weighted by atomic mass is 10.1. The maximum atomic E-state index is 13.3. The van der Waals surface area contributed by atoms with Crippen LogP contribution >= 0.6 is 11.3 Å². The summed E-state index contributed by atoms with van der Waals surface area (Å²) in [6.07, 6.45) is 4.45. The predicted molar refractivity (Wildman–Crippen MR) is 153 cm³/mol. The van der Waals surface area contributed by atoms with E-state index in [9.17, 15) is 14.9 Å². The Morgan fingerprint density at radius 1 is 1.00 bits per heavy atom. The van der Waals surface area contributed by atoms with Gasteiger partial charge in [0, 0.05) is 35.0 Å². The maximum Gasteiger partial charge on any atom is 0.291 e. The number of benzene rings is 3. The minimum absolute atomic E-state index is 0.0430. The summed E-state index contributed by atoms with van der Waals surface area (Å²) in [7, 11) is 0. The largest absolute Gasteiger partial charge is 0.494 e. The van der Waals surface area contributed by atoms with E-state index in [-0.39, 0.29) is 11.2 Å². The fraction of sp³-hybridized carbons (Fsp3) is 0.103. The smallest absolute Gasteiger partial charge is 0.291 e. The lowest BCUT2D eigenvalue weighted by Gasteiger charge is -2.04. The second-order valence-corrected chi connectivity index (χ2v) is 9.95. The maximum absolute atomic E-state index is 13.3. The molecule has 0 fully saturated rings. The first-order chi connectivity index (χ1) is 19.5. The Morgan fingerprint density at radius 2 is 1.80 bits per heavy atom. The number of fused-ring (bicyclic) bond motifs is 1. The molecule has 0 spiro atoms. The van der Waals surface area contributed by atoms with E-state index in [1.165, 1.54) is 28.0 Å². The number of rotatable bonds is 8. The zero-order valence-corrected chi connectivity index (χ0v) is 22.1. The molecule has 10 nitrogen and oxygen atoms in total. The van der Waals surface area contributed by atoms with Crippen molar-refractivity contribution in [3.8, 4) is 34.1 Å². The number of aromatic nitrogens is 5. The number of nitrogens with zero attached hydrogens (tertiary/aromatic N) is 6. The Morgan fingerprint density at radius 3 is 2.52 bits per heavy atom. The van der Waals surface area contributed by atoms with Crippen LogP contribution in [0.25, 0.3) is 39.4 Å². The number of hydrogen-bond donors (Lipinski definition) is 0. The Hall–Kier alpha value is -5.16. The highest BCUT2D eigenvalue weighted by Gasteiger charge is 2.17. The SMILES string of the molecule is CCCOc1ccc(-c2nc3sc(=Cc4cn(-c5ccccc5)nc4-c4cccc([N+](=O)[O-])c4)c(=O)n3n2)cc1. The summed E-state index contributed by atoms with van der Waals surface area (Å²) < 4.78 is 9.03. The van der Waals surface area contributed by atoms with Gasteiger partial charge in [-0.05, 0) is 48.9 Å². The molecule has 40 heavy (non-hydrogen) atoms. The molecule has 0 aliphatic rings. The number of non-ortho nitro benzene ring substituents is 1. The molecule has 0 bridgehead atoms. The van der Waals surface area contributed by atoms with E-state index >= 15 is 0 Å². The van der Waals surface area contributed by atoms with E-state index in [0.29, 0.717) is 38.7 Å². The van der Waals surface area contributed by atoms with Gasteiger partial charge >= 0.3 is 0 Å². The van der Waals surface area contributed by atoms with Gasteiger partial charge in [-0.15, -0.1) is 5.10 Å². The van der Waals surface area contributed by atoms with E-state index in [1.54, 1.807) is 29.1 Å². The lowest BCUT2D eigenvalue weighted by Crippen LogP contribution is -2.23. The summed E-state index contributed by atoms with van der Waals surface area (Å²) >= 11 is 1.22. The number of thiazole rings is 1. The highest BCUT2D eigenvalue weighted by molar-refractivity contribution is 7.15. The van der Waals surface area contributed by atoms with Crippen LogP contribution in [0.5, 0.6) is 5.75 Å². The molecule has 0 aliphatic heterocycles. The molecule has 3 heterocycles. The van der Waals surface area contributed by atoms with E-state index < -0.39 is 4.92 Å². The van der Waals surface area contributed by atoms with Gasteiger partial charge < -0.3 is 4.74 Å². The summed E-state index contributed by atoms with van der Waals surface area (Å²) in [4.78, 5) is 29.3. The van der Waals surface area contributed by atoms with Crippen molar-refractivity contribution in [2.45, 2.75) is 13.3 Å². The van der Waals surface area contributed by atoms with Crippen molar-refractivity contribution in [3.05, 3.63) is 116 Å². The number of ether oxygens (including phenoxy) is 1. The molecule has 0 saturated carbocycles. The molecule has 0 atom stereocenters. The van der Waals surface area contributed by atoms with Crippen LogP contribution in [0.3, 0.4) is 0 Å². The van der Waals surface area contributed by atoms with Crippen molar-refractivity contribution in [1.29, 1.82) is 0 Å². The molecule has 0 unspecified atom stereocenters. The van der Waals surface area contributed by atoms with Gasteiger partial charge in [0.1, 0.15) is 11.4 Å². The van der Waals surface area contributed by atoms with Crippen molar-refractivity contribution in [1.82, 2.24) is 24.4 Å². The normalized spacial score (nSPS) is 11.8. The van der Waals surface area contributed by atoms with Crippen LogP contribution in [-0.4, -0.2) is 35.9 Å². The summed E-state index contributed by atoms with van der Waals surface area (Å²) in [5.41, 5.74) is 2.95. The number of para-hydroxylation sites is 1. The topological polar surface area (TPSA) is 117 Å². The molecule has 3 aromatic carbocycles. The van der Waals surface area contributed by atoms with Gasteiger partial charge in [-0.1, -0.05) is 48.6 Å². The lowest BCUT2D eigenvalue weighted by molar-refractivity contribution is -0.384. The third-order valence-electron chi connectivity index (χ3n) is 6.15. The Labute approximate surface area is 231 Å². The molecular formula is C29H22N6O4S. The molecule has 198 valence electrons. The van der Waals surface area contributed by atoms with Crippen molar-refractivity contribution in [2.75, 3.05) is 6.61 Å². The zero-order valence-electron chi connectivity index (χ0n) is 21.3. The fourth-order valence-electron chi connectivity index (χ4n) is 4.21. The standard InChI is InChI=1S/C29H22N6O4S/c1-2-15-39-24-13-11-19(12-14-24)27-30-29-34(32-27)28(36)25(40-29)17-21-18-33(22-8-4-3-5-9-22)31-26(21)20-7-6-10-23(16-20)35(37)38/h3-14,16-18H,2,15H2,1H3. The van der Waals surface area contributed by atoms with Crippen LogP contribution in [0.2, 0.25) is 0 Å². The molecule has 6 rings (SSSR count). The summed E-state index contributed by atoms with van der Waals surface area (Å²) in [5.74, 6) is 1.22. The highest BCUT2D eigenvalue weighted by atomic mass is 32.1. The average Bonchev–Trinajstić information content (AvgIpc) is 3.68. The Bertz CT molecular complexity index is 1940. The minimum Gasteiger partial charge on any atom is -0.494 e. The van der Waals surface area contributed by atoms with Gasteiger partial charge in [-0.25, -0.2) is 4.68 Å². The van der Waals surface area contributed by atoms with Gasteiger partial charge in [-0.2, -0.15) is 14.6 Å². The molecule has 0 amide bonds. The summed E-state index contributed by atoms with van der Waals surface area (Å²) in [6.45, 7) is 2.69. The fourth-order valence-corrected chi connectivity index (χ4v) is 5.11. The molecule has 0 N–H and O–H groups in total. The van der Waals surface area contributed by atoms with Crippen molar-refractivity contribution in [2.24, 2.45) is 0 Å². The van der Waals surface area contributed by atoms with Gasteiger partial charge in [0.2, 0.25) is 4.96 Å². The van der Waals surface area contributed by atoms with Gasteiger partial charge in [0.25, 0.3) is 11.2 Å². The Kier molecular flexibility index (Phi) is 6.62. The molecule has 6 aromatic rings. The van der Waals surface area contributed by atoms with Crippen LogP contribution in [-0.2, 0) is 0 Å². The minimum atomic E-state index is -0.444. The van der Waals surface area contributed by atoms with Gasteiger partial charge in [0.05, 0.1) is 21.7 Å². The molecular weight excluding hydrogens is 528 g/mol. The van der Waals surface area contributed by atoms with Crippen molar-refractivity contribution in [3.63, 3.8) is 0 Å². The van der Waals surface area contributed by atoms with Gasteiger partial charge in [-0.3, -0.25) is 14.9 Å². The molecule has 0 aliphatic carbocycles. The van der Waals surface area contributed by atoms with Crippen LogP contribution in [0.4, 0.5) is 5.69 Å². The second-order valence-electron chi connectivity index (χ2n) is 8.94. The van der Waals surface area contributed by atoms with E-state index in [4.69, 9.17) is 9.84 Å². The number of nitro benzene ring substituents is 1. The number of hydrogen-bond acceptors (Lipinski definition) is 8. The average molecular weight is 551 g/mol. The van der Waals surface area contributed by atoms with Crippen LogP contribution in [0.1, 0.15) is 18.9 Å². The highest BCUT2D eigenvalue weighted by Crippen LogP contribution is 2.28. The first-order valence-electron chi connectivity index (χ1n) is 12.5. The van der Waals surface area contributed by atoms with Crippen LogP contribution < -0.4 is 14.8 Å². The third-order valence-corrected chi connectivity index (χ3v) is 7.11. The summed E-state index contributed by atoms with van der Waals surface area (Å²) in [6, 6.07) is 23.2. The molecule has 3 aromatic heterocycles. The third kappa shape index (κ3) is 4.85. The molecule has 11 heteroatoms. The van der Waals surface area contributed by atoms with Crippen molar-refractivity contribution >= 4 is 28.1 Å². The first-order valence-corrected chi connectivity index (χ1v) is 13.4. The predicted octanol–water partition coefficient (Wildman–Crippen LogP) is 4.92. The van der Waals surface area contributed by atoms with Gasteiger partial charge in [0.15, 0.2) is 5.82 Å². The quantitative estimate of drug-likeness (QED) is 0.195. The van der Waals surface area contributed by atoms with E-state index in [1.807, 2.05) is 61.5 Å². The zero-order chi connectivity index (χ0) is 27.6. The molecule has 0 radical (unpaired) electrons.